The standard InChI is InChI=1S/C17H16N4O4S/c1-23-13-7-12(8-14(9-13)24-2)19-15(22)10-26-17-21-20-16(25-17)11-3-5-18-6-4-11/h3-9H,10H2,1-2H3,(H,19,22). The lowest BCUT2D eigenvalue weighted by Gasteiger charge is -2.09. The van der Waals surface area contributed by atoms with Gasteiger partial charge in [-0.05, 0) is 12.1 Å². The van der Waals surface area contributed by atoms with Crippen molar-refractivity contribution in [2.75, 3.05) is 25.3 Å². The van der Waals surface area contributed by atoms with Crippen LogP contribution in [0.3, 0.4) is 0 Å². The molecule has 0 bridgehead atoms. The second-order valence-electron chi connectivity index (χ2n) is 5.05. The van der Waals surface area contributed by atoms with Crippen molar-refractivity contribution in [2.45, 2.75) is 5.22 Å². The SMILES string of the molecule is COc1cc(NC(=O)CSc2nnc(-c3ccncc3)o2)cc(OC)c1. The Labute approximate surface area is 153 Å². The van der Waals surface area contributed by atoms with Crippen molar-refractivity contribution in [3.8, 4) is 23.0 Å². The molecular weight excluding hydrogens is 356 g/mol. The van der Waals surface area contributed by atoms with Crippen molar-refractivity contribution in [3.63, 3.8) is 0 Å². The van der Waals surface area contributed by atoms with Gasteiger partial charge in [0.05, 0.1) is 20.0 Å². The van der Waals surface area contributed by atoms with Crippen molar-refractivity contribution in [1.82, 2.24) is 15.2 Å². The average Bonchev–Trinajstić information content (AvgIpc) is 3.16. The fraction of sp³-hybridized carbons (Fsp3) is 0.176. The molecule has 1 amide bonds. The van der Waals surface area contributed by atoms with Gasteiger partial charge in [-0.1, -0.05) is 11.8 Å². The Bertz CT molecular complexity index is 863. The molecule has 0 aliphatic rings. The van der Waals surface area contributed by atoms with Crippen LogP contribution < -0.4 is 14.8 Å². The summed E-state index contributed by atoms with van der Waals surface area (Å²) < 4.78 is 15.9. The second-order valence-corrected chi connectivity index (χ2v) is 5.97. The summed E-state index contributed by atoms with van der Waals surface area (Å²) in [6, 6.07) is 8.68. The van der Waals surface area contributed by atoms with Crippen molar-refractivity contribution >= 4 is 23.4 Å². The minimum Gasteiger partial charge on any atom is -0.497 e. The molecule has 9 heteroatoms. The molecule has 1 N–H and O–H groups in total. The van der Waals surface area contributed by atoms with E-state index in [1.807, 2.05) is 0 Å². The fourth-order valence-electron chi connectivity index (χ4n) is 2.08. The molecule has 3 rings (SSSR count). The maximum absolute atomic E-state index is 12.2. The van der Waals surface area contributed by atoms with E-state index in [0.717, 1.165) is 17.3 Å². The Hall–Kier alpha value is -3.07. The first kappa shape index (κ1) is 17.7. The zero-order valence-electron chi connectivity index (χ0n) is 14.1. The first-order valence-electron chi connectivity index (χ1n) is 7.57. The summed E-state index contributed by atoms with van der Waals surface area (Å²) in [5.41, 5.74) is 1.35. The summed E-state index contributed by atoms with van der Waals surface area (Å²) in [5.74, 6) is 1.47. The molecule has 2 heterocycles. The third-order valence-electron chi connectivity index (χ3n) is 3.30. The number of carbonyl (C=O) groups is 1. The molecule has 0 radical (unpaired) electrons. The number of rotatable bonds is 7. The van der Waals surface area contributed by atoms with Gasteiger partial charge in [0.15, 0.2) is 0 Å². The highest BCUT2D eigenvalue weighted by Crippen LogP contribution is 2.26. The van der Waals surface area contributed by atoms with Gasteiger partial charge in [-0.2, -0.15) is 0 Å². The lowest BCUT2D eigenvalue weighted by molar-refractivity contribution is -0.113. The number of anilines is 1. The number of ether oxygens (including phenoxy) is 2. The summed E-state index contributed by atoms with van der Waals surface area (Å²) in [5, 5.41) is 11.0. The van der Waals surface area contributed by atoms with E-state index >= 15 is 0 Å². The Morgan fingerprint density at radius 3 is 2.46 bits per heavy atom. The molecule has 2 aromatic heterocycles. The summed E-state index contributed by atoms with van der Waals surface area (Å²) >= 11 is 1.15. The lowest BCUT2D eigenvalue weighted by atomic mass is 10.2. The first-order chi connectivity index (χ1) is 12.7. The van der Waals surface area contributed by atoms with Crippen LogP contribution >= 0.6 is 11.8 Å². The van der Waals surface area contributed by atoms with Gasteiger partial charge < -0.3 is 19.2 Å². The number of amides is 1. The molecule has 0 saturated carbocycles. The minimum absolute atomic E-state index is 0.123. The maximum Gasteiger partial charge on any atom is 0.277 e. The monoisotopic (exact) mass is 372 g/mol. The zero-order chi connectivity index (χ0) is 18.4. The molecule has 1 aromatic carbocycles. The van der Waals surface area contributed by atoms with Gasteiger partial charge in [0.1, 0.15) is 11.5 Å². The van der Waals surface area contributed by atoms with E-state index < -0.39 is 0 Å². The molecule has 26 heavy (non-hydrogen) atoms. The number of nitrogens with zero attached hydrogens (tertiary/aromatic N) is 3. The zero-order valence-corrected chi connectivity index (χ0v) is 14.9. The minimum atomic E-state index is -0.214. The van der Waals surface area contributed by atoms with Crippen LogP contribution in [-0.4, -0.2) is 41.1 Å². The van der Waals surface area contributed by atoms with Crippen LogP contribution in [0.25, 0.3) is 11.5 Å². The van der Waals surface area contributed by atoms with Gasteiger partial charge in [0.25, 0.3) is 5.22 Å². The number of methoxy groups -OCH3 is 2. The smallest absolute Gasteiger partial charge is 0.277 e. The van der Waals surface area contributed by atoms with Crippen LogP contribution in [-0.2, 0) is 4.79 Å². The van der Waals surface area contributed by atoms with Gasteiger partial charge in [-0.25, -0.2) is 0 Å². The molecule has 0 unspecified atom stereocenters. The molecule has 0 saturated heterocycles. The van der Waals surface area contributed by atoms with Crippen LogP contribution in [0.4, 0.5) is 5.69 Å². The highest BCUT2D eigenvalue weighted by molar-refractivity contribution is 7.99. The maximum atomic E-state index is 12.2. The number of carbonyl (C=O) groups excluding carboxylic acids is 1. The third kappa shape index (κ3) is 4.51. The molecule has 0 aliphatic heterocycles. The number of aromatic nitrogens is 3. The average molecular weight is 372 g/mol. The number of benzene rings is 1. The van der Waals surface area contributed by atoms with E-state index in [-0.39, 0.29) is 11.7 Å². The van der Waals surface area contributed by atoms with Crippen LogP contribution in [0.2, 0.25) is 0 Å². The summed E-state index contributed by atoms with van der Waals surface area (Å²) in [6.45, 7) is 0. The van der Waals surface area contributed by atoms with Crippen LogP contribution in [0.1, 0.15) is 0 Å². The quantitative estimate of drug-likeness (QED) is 0.632. The number of hydrogen-bond acceptors (Lipinski definition) is 8. The second kappa shape index (κ2) is 8.34. The number of nitrogens with one attached hydrogen (secondary N) is 1. The Balaban J connectivity index is 1.59. The van der Waals surface area contributed by atoms with Gasteiger partial charge in [-0.3, -0.25) is 9.78 Å². The highest BCUT2D eigenvalue weighted by atomic mass is 32.2. The molecule has 0 fully saturated rings. The van der Waals surface area contributed by atoms with E-state index in [1.165, 1.54) is 0 Å². The van der Waals surface area contributed by atoms with E-state index in [2.05, 4.69) is 20.5 Å². The number of hydrogen-bond donors (Lipinski definition) is 1. The van der Waals surface area contributed by atoms with Crippen molar-refractivity contribution in [2.24, 2.45) is 0 Å². The van der Waals surface area contributed by atoms with Crippen LogP contribution in [0.15, 0.2) is 52.4 Å². The number of pyridine rings is 1. The van der Waals surface area contributed by atoms with E-state index in [9.17, 15) is 4.79 Å². The Morgan fingerprint density at radius 2 is 1.81 bits per heavy atom. The molecular formula is C17H16N4O4S. The first-order valence-corrected chi connectivity index (χ1v) is 8.56. The van der Waals surface area contributed by atoms with Crippen molar-refractivity contribution in [1.29, 1.82) is 0 Å². The molecule has 3 aromatic rings. The van der Waals surface area contributed by atoms with E-state index in [4.69, 9.17) is 13.9 Å². The Morgan fingerprint density at radius 1 is 1.12 bits per heavy atom. The lowest BCUT2D eigenvalue weighted by Crippen LogP contribution is -2.14. The van der Waals surface area contributed by atoms with E-state index in [1.54, 1.807) is 56.9 Å². The Kier molecular flexibility index (Phi) is 5.69. The normalized spacial score (nSPS) is 10.4. The van der Waals surface area contributed by atoms with Crippen LogP contribution in [0, 0.1) is 0 Å². The van der Waals surface area contributed by atoms with Gasteiger partial charge in [-0.15, -0.1) is 10.2 Å². The van der Waals surface area contributed by atoms with Crippen molar-refractivity contribution in [3.05, 3.63) is 42.7 Å². The largest absolute Gasteiger partial charge is 0.497 e. The van der Waals surface area contributed by atoms with Gasteiger partial charge in [0.2, 0.25) is 11.8 Å². The molecule has 134 valence electrons. The van der Waals surface area contributed by atoms with Gasteiger partial charge in [0, 0.05) is 41.8 Å². The summed E-state index contributed by atoms with van der Waals surface area (Å²) in [4.78, 5) is 16.1. The molecule has 0 atom stereocenters. The molecule has 8 nitrogen and oxygen atoms in total. The van der Waals surface area contributed by atoms with Crippen LogP contribution in [0.5, 0.6) is 11.5 Å². The highest BCUT2D eigenvalue weighted by Gasteiger charge is 2.12. The molecule has 0 spiro atoms. The third-order valence-corrected chi connectivity index (χ3v) is 4.11. The summed E-state index contributed by atoms with van der Waals surface area (Å²) in [7, 11) is 3.10. The summed E-state index contributed by atoms with van der Waals surface area (Å²) in [6.07, 6.45) is 3.28. The van der Waals surface area contributed by atoms with Gasteiger partial charge >= 0.3 is 0 Å². The molecule has 0 aliphatic carbocycles. The van der Waals surface area contributed by atoms with E-state index in [0.29, 0.717) is 28.3 Å². The predicted molar refractivity (Wildman–Crippen MR) is 96.4 cm³/mol. The number of thioether (sulfide) groups is 1. The predicted octanol–water partition coefficient (Wildman–Crippen LogP) is 2.88. The van der Waals surface area contributed by atoms with Crippen molar-refractivity contribution < 1.29 is 18.7 Å². The fourth-order valence-corrected chi connectivity index (χ4v) is 2.65. The topological polar surface area (TPSA) is 99.4 Å².